The fourth-order valence-electron chi connectivity index (χ4n) is 3.89. The minimum atomic E-state index is 0.501. The molecule has 0 saturated heterocycles. The number of fused-ring (bicyclic) bond motifs is 4. The number of pyridine rings is 1. The van der Waals surface area contributed by atoms with Gasteiger partial charge in [0.25, 0.3) is 0 Å². The van der Waals surface area contributed by atoms with E-state index >= 15 is 0 Å². The van der Waals surface area contributed by atoms with Crippen LogP contribution in [-0.2, 0) is 13.0 Å². The van der Waals surface area contributed by atoms with Gasteiger partial charge >= 0.3 is 0 Å². The molecule has 0 amide bonds. The molecule has 116 valence electrons. The summed E-state index contributed by atoms with van der Waals surface area (Å²) >= 11 is 0. The summed E-state index contributed by atoms with van der Waals surface area (Å²) in [7, 11) is 0. The first-order chi connectivity index (χ1) is 11.9. The van der Waals surface area contributed by atoms with Crippen molar-refractivity contribution in [2.24, 2.45) is 5.92 Å². The van der Waals surface area contributed by atoms with Crippen LogP contribution in [0.25, 0.3) is 28.0 Å². The van der Waals surface area contributed by atoms with Gasteiger partial charge in [-0.3, -0.25) is 0 Å². The van der Waals surface area contributed by atoms with Gasteiger partial charge in [-0.2, -0.15) is 0 Å². The lowest BCUT2D eigenvalue weighted by molar-refractivity contribution is 0.543. The molecule has 0 aliphatic heterocycles. The predicted octanol–water partition coefficient (Wildman–Crippen LogP) is 5.08. The number of nitrogens with zero attached hydrogens (tertiary/aromatic N) is 2. The van der Waals surface area contributed by atoms with Crippen molar-refractivity contribution in [1.82, 2.24) is 9.55 Å². The van der Waals surface area contributed by atoms with Crippen LogP contribution in [0.4, 0.5) is 0 Å². The van der Waals surface area contributed by atoms with E-state index in [0.29, 0.717) is 5.92 Å². The molecule has 1 aliphatic carbocycles. The molecule has 2 heteroatoms. The van der Waals surface area contributed by atoms with Crippen LogP contribution in [0.1, 0.15) is 11.1 Å². The molecule has 1 atom stereocenters. The number of rotatable bonds is 2. The van der Waals surface area contributed by atoms with Crippen LogP contribution in [-0.4, -0.2) is 9.55 Å². The van der Waals surface area contributed by atoms with Crippen LogP contribution < -0.4 is 0 Å². The molecule has 4 aromatic rings. The molecule has 0 bridgehead atoms. The zero-order chi connectivity index (χ0) is 15.9. The Morgan fingerprint density at radius 3 is 2.75 bits per heavy atom. The van der Waals surface area contributed by atoms with E-state index in [4.69, 9.17) is 0 Å². The Balaban J connectivity index is 1.60. The Morgan fingerprint density at radius 1 is 0.917 bits per heavy atom. The van der Waals surface area contributed by atoms with Crippen molar-refractivity contribution in [2.75, 3.05) is 0 Å². The van der Waals surface area contributed by atoms with E-state index < -0.39 is 0 Å². The van der Waals surface area contributed by atoms with Crippen molar-refractivity contribution in [3.05, 3.63) is 84.1 Å². The fraction of sp³-hybridized carbons (Fsp3) is 0.136. The third-order valence-electron chi connectivity index (χ3n) is 5.03. The van der Waals surface area contributed by atoms with E-state index in [9.17, 15) is 0 Å². The molecule has 0 radical (unpaired) electrons. The summed E-state index contributed by atoms with van der Waals surface area (Å²) in [5.41, 5.74) is 5.16. The van der Waals surface area contributed by atoms with Crippen LogP contribution in [0, 0.1) is 5.92 Å². The SMILES string of the molecule is C1=CC(Cn2c3ccccc3c3cccnc32)Cc2ccccc21. The summed E-state index contributed by atoms with van der Waals surface area (Å²) in [6.07, 6.45) is 7.61. The van der Waals surface area contributed by atoms with Crippen molar-refractivity contribution < 1.29 is 0 Å². The maximum atomic E-state index is 4.67. The first-order valence-electron chi connectivity index (χ1n) is 8.48. The molecule has 0 fully saturated rings. The van der Waals surface area contributed by atoms with Gasteiger partial charge in [-0.05, 0) is 41.7 Å². The number of aromatic nitrogens is 2. The average molecular weight is 310 g/mol. The highest BCUT2D eigenvalue weighted by Crippen LogP contribution is 2.30. The van der Waals surface area contributed by atoms with Crippen molar-refractivity contribution in [3.63, 3.8) is 0 Å². The highest BCUT2D eigenvalue weighted by atomic mass is 15.0. The van der Waals surface area contributed by atoms with Crippen molar-refractivity contribution in [1.29, 1.82) is 0 Å². The summed E-state index contributed by atoms with van der Waals surface area (Å²) in [4.78, 5) is 4.67. The number of hydrogen-bond acceptors (Lipinski definition) is 1. The second kappa shape index (κ2) is 5.34. The Morgan fingerprint density at radius 2 is 1.75 bits per heavy atom. The number of benzene rings is 2. The van der Waals surface area contributed by atoms with Gasteiger partial charge in [-0.25, -0.2) is 4.98 Å². The molecule has 1 unspecified atom stereocenters. The maximum absolute atomic E-state index is 4.67. The van der Waals surface area contributed by atoms with Gasteiger partial charge in [-0.1, -0.05) is 54.6 Å². The Labute approximate surface area is 141 Å². The molecule has 1 aliphatic rings. The normalized spacial score (nSPS) is 16.6. The highest BCUT2D eigenvalue weighted by Gasteiger charge is 2.17. The van der Waals surface area contributed by atoms with Crippen LogP contribution in [0.5, 0.6) is 0 Å². The van der Waals surface area contributed by atoms with E-state index in [1.807, 2.05) is 12.3 Å². The van der Waals surface area contributed by atoms with E-state index in [-0.39, 0.29) is 0 Å². The van der Waals surface area contributed by atoms with Gasteiger partial charge in [0.1, 0.15) is 5.65 Å². The number of allylic oxidation sites excluding steroid dienone is 1. The average Bonchev–Trinajstić information content (AvgIpc) is 2.96. The van der Waals surface area contributed by atoms with Gasteiger partial charge in [0, 0.05) is 23.5 Å². The highest BCUT2D eigenvalue weighted by molar-refractivity contribution is 6.06. The third kappa shape index (κ3) is 2.07. The first-order valence-corrected chi connectivity index (χ1v) is 8.48. The molecular formula is C22H18N2. The molecule has 2 heterocycles. The van der Waals surface area contributed by atoms with E-state index in [1.165, 1.54) is 27.4 Å². The third-order valence-corrected chi connectivity index (χ3v) is 5.03. The first kappa shape index (κ1) is 13.6. The zero-order valence-corrected chi connectivity index (χ0v) is 13.4. The summed E-state index contributed by atoms with van der Waals surface area (Å²) in [6.45, 7) is 0.964. The summed E-state index contributed by atoms with van der Waals surface area (Å²) in [5.74, 6) is 0.501. The minimum Gasteiger partial charge on any atom is -0.325 e. The molecule has 0 saturated carbocycles. The summed E-state index contributed by atoms with van der Waals surface area (Å²) in [5, 5.41) is 2.54. The summed E-state index contributed by atoms with van der Waals surface area (Å²) < 4.78 is 2.38. The number of hydrogen-bond donors (Lipinski definition) is 0. The zero-order valence-electron chi connectivity index (χ0n) is 13.4. The van der Waals surface area contributed by atoms with Crippen LogP contribution in [0.3, 0.4) is 0 Å². The van der Waals surface area contributed by atoms with Crippen LogP contribution in [0.15, 0.2) is 72.9 Å². The second-order valence-electron chi connectivity index (χ2n) is 6.52. The predicted molar refractivity (Wildman–Crippen MR) is 99.9 cm³/mol. The molecular weight excluding hydrogens is 292 g/mol. The summed E-state index contributed by atoms with van der Waals surface area (Å²) in [6, 6.07) is 21.5. The molecule has 0 spiro atoms. The lowest BCUT2D eigenvalue weighted by Crippen LogP contribution is -2.14. The Bertz CT molecular complexity index is 1020. The van der Waals surface area contributed by atoms with E-state index in [1.54, 1.807) is 0 Å². The lowest BCUT2D eigenvalue weighted by Gasteiger charge is -2.20. The molecule has 2 aromatic carbocycles. The Kier molecular flexibility index (Phi) is 3.02. The fourth-order valence-corrected chi connectivity index (χ4v) is 3.89. The monoisotopic (exact) mass is 310 g/mol. The van der Waals surface area contributed by atoms with Crippen LogP contribution in [0.2, 0.25) is 0 Å². The molecule has 2 nitrogen and oxygen atoms in total. The van der Waals surface area contributed by atoms with Gasteiger partial charge in [0.15, 0.2) is 0 Å². The van der Waals surface area contributed by atoms with E-state index in [2.05, 4.69) is 76.3 Å². The van der Waals surface area contributed by atoms with Gasteiger partial charge in [-0.15, -0.1) is 0 Å². The van der Waals surface area contributed by atoms with Crippen molar-refractivity contribution in [2.45, 2.75) is 13.0 Å². The quantitative estimate of drug-likeness (QED) is 0.505. The van der Waals surface area contributed by atoms with Crippen molar-refractivity contribution in [3.8, 4) is 0 Å². The van der Waals surface area contributed by atoms with Crippen LogP contribution >= 0.6 is 0 Å². The largest absolute Gasteiger partial charge is 0.325 e. The second-order valence-corrected chi connectivity index (χ2v) is 6.52. The molecule has 24 heavy (non-hydrogen) atoms. The lowest BCUT2D eigenvalue weighted by atomic mass is 9.89. The van der Waals surface area contributed by atoms with E-state index in [0.717, 1.165) is 18.6 Å². The maximum Gasteiger partial charge on any atom is 0.140 e. The topological polar surface area (TPSA) is 17.8 Å². The standard InChI is InChI=1S/C22H18N2/c1-2-7-18-14-16(11-12-17(18)6-1)15-24-21-10-4-3-8-19(21)20-9-5-13-23-22(20)24/h1-13,16H,14-15H2. The molecule has 2 aromatic heterocycles. The Hall–Kier alpha value is -2.87. The molecule has 5 rings (SSSR count). The smallest absolute Gasteiger partial charge is 0.140 e. The van der Waals surface area contributed by atoms with Gasteiger partial charge < -0.3 is 4.57 Å². The van der Waals surface area contributed by atoms with Gasteiger partial charge in [0.05, 0.1) is 5.52 Å². The van der Waals surface area contributed by atoms with Crippen molar-refractivity contribution >= 4 is 28.0 Å². The van der Waals surface area contributed by atoms with Gasteiger partial charge in [0.2, 0.25) is 0 Å². The minimum absolute atomic E-state index is 0.501. The number of para-hydroxylation sites is 1. The molecule has 0 N–H and O–H groups in total.